The minimum Gasteiger partial charge on any atom is -0.481 e. The molecule has 0 aromatic heterocycles. The van der Waals surface area contributed by atoms with E-state index in [0.717, 1.165) is 31.8 Å². The fraction of sp³-hybridized carbons (Fsp3) is 0.917. The second-order valence-electron chi connectivity index (χ2n) is 5.20. The molecule has 0 bridgehead atoms. The summed E-state index contributed by atoms with van der Waals surface area (Å²) in [6.45, 7) is 4.11. The molecule has 0 aromatic carbocycles. The Morgan fingerprint density at radius 1 is 1.47 bits per heavy atom. The van der Waals surface area contributed by atoms with E-state index in [9.17, 15) is 4.79 Å². The first-order valence-corrected chi connectivity index (χ1v) is 6.13. The van der Waals surface area contributed by atoms with Crippen LogP contribution in [0.4, 0.5) is 0 Å². The number of piperidine rings is 1. The predicted octanol–water partition coefficient (Wildman–Crippen LogP) is 1.97. The highest BCUT2D eigenvalue weighted by molar-refractivity contribution is 5.70. The zero-order valence-corrected chi connectivity index (χ0v) is 9.48. The van der Waals surface area contributed by atoms with Crippen LogP contribution >= 0.6 is 0 Å². The van der Waals surface area contributed by atoms with Gasteiger partial charge in [0.2, 0.25) is 0 Å². The summed E-state index contributed by atoms with van der Waals surface area (Å²) >= 11 is 0. The Morgan fingerprint density at radius 3 is 2.80 bits per heavy atom. The molecule has 15 heavy (non-hydrogen) atoms. The van der Waals surface area contributed by atoms with Crippen molar-refractivity contribution in [1.29, 1.82) is 0 Å². The quantitative estimate of drug-likeness (QED) is 0.773. The molecule has 3 heteroatoms. The van der Waals surface area contributed by atoms with E-state index in [1.165, 1.54) is 19.3 Å². The molecule has 2 atom stereocenters. The third-order valence-corrected chi connectivity index (χ3v) is 3.80. The topological polar surface area (TPSA) is 40.5 Å². The van der Waals surface area contributed by atoms with Gasteiger partial charge in [-0.05, 0) is 38.6 Å². The predicted molar refractivity (Wildman–Crippen MR) is 58.7 cm³/mol. The number of likely N-dealkylation sites (tertiary alicyclic amines) is 1. The van der Waals surface area contributed by atoms with Crippen LogP contribution in [0.3, 0.4) is 0 Å². The summed E-state index contributed by atoms with van der Waals surface area (Å²) in [5, 5.41) is 9.01. The highest BCUT2D eigenvalue weighted by atomic mass is 16.4. The van der Waals surface area contributed by atoms with Gasteiger partial charge in [0.25, 0.3) is 0 Å². The van der Waals surface area contributed by atoms with Crippen molar-refractivity contribution < 1.29 is 9.90 Å². The van der Waals surface area contributed by atoms with E-state index >= 15 is 0 Å². The van der Waals surface area contributed by atoms with Crippen LogP contribution in [0, 0.1) is 11.8 Å². The number of nitrogens with zero attached hydrogens (tertiary/aromatic N) is 1. The van der Waals surface area contributed by atoms with Crippen molar-refractivity contribution in [1.82, 2.24) is 4.90 Å². The Hall–Kier alpha value is -0.570. The highest BCUT2D eigenvalue weighted by Crippen LogP contribution is 2.35. The maximum atomic E-state index is 10.9. The summed E-state index contributed by atoms with van der Waals surface area (Å²) in [5.74, 6) is 0.198. The van der Waals surface area contributed by atoms with Crippen LogP contribution in [0.2, 0.25) is 0 Å². The van der Waals surface area contributed by atoms with Crippen LogP contribution in [0.5, 0.6) is 0 Å². The van der Waals surface area contributed by atoms with Gasteiger partial charge in [-0.25, -0.2) is 0 Å². The lowest BCUT2D eigenvalue weighted by molar-refractivity contribution is -0.143. The van der Waals surface area contributed by atoms with E-state index in [0.29, 0.717) is 6.04 Å². The van der Waals surface area contributed by atoms with Gasteiger partial charge in [-0.1, -0.05) is 12.8 Å². The molecule has 1 aliphatic heterocycles. The van der Waals surface area contributed by atoms with Crippen LogP contribution < -0.4 is 0 Å². The van der Waals surface area contributed by atoms with Gasteiger partial charge in [-0.3, -0.25) is 9.69 Å². The molecule has 0 aromatic rings. The lowest BCUT2D eigenvalue weighted by Crippen LogP contribution is -2.43. The summed E-state index contributed by atoms with van der Waals surface area (Å²) in [4.78, 5) is 13.3. The van der Waals surface area contributed by atoms with Gasteiger partial charge in [0, 0.05) is 12.6 Å². The number of carboxylic acids is 1. The average molecular weight is 211 g/mol. The fourth-order valence-electron chi connectivity index (χ4n) is 2.59. The number of aliphatic carboxylic acids is 1. The Labute approximate surface area is 91.5 Å². The normalized spacial score (nSPS) is 30.1. The average Bonchev–Trinajstić information content (AvgIpc) is 3.02. The summed E-state index contributed by atoms with van der Waals surface area (Å²) in [7, 11) is 0. The lowest BCUT2D eigenvalue weighted by Gasteiger charge is -2.35. The molecular formula is C12H21NO2. The molecule has 1 saturated carbocycles. The molecule has 86 valence electrons. The molecule has 3 nitrogen and oxygen atoms in total. The number of hydrogen-bond donors (Lipinski definition) is 1. The van der Waals surface area contributed by atoms with Gasteiger partial charge in [0.05, 0.1) is 5.92 Å². The van der Waals surface area contributed by atoms with Gasteiger partial charge in [-0.15, -0.1) is 0 Å². The molecule has 1 heterocycles. The summed E-state index contributed by atoms with van der Waals surface area (Å²) in [6.07, 6.45) is 5.96. The second-order valence-corrected chi connectivity index (χ2v) is 5.20. The van der Waals surface area contributed by atoms with E-state index < -0.39 is 5.97 Å². The van der Waals surface area contributed by atoms with Crippen molar-refractivity contribution in [3.63, 3.8) is 0 Å². The van der Waals surface area contributed by atoms with Crippen molar-refractivity contribution in [2.24, 2.45) is 11.8 Å². The highest BCUT2D eigenvalue weighted by Gasteiger charge is 2.31. The standard InChI is InChI=1S/C12H21NO2/c1-9(7-10-4-5-10)13-6-2-3-11(8-13)12(14)15/h9-11H,2-8H2,1H3,(H,14,15). The Morgan fingerprint density at radius 2 is 2.20 bits per heavy atom. The van der Waals surface area contributed by atoms with Crippen molar-refractivity contribution in [3.8, 4) is 0 Å². The van der Waals surface area contributed by atoms with Crippen LogP contribution in [0.1, 0.15) is 39.0 Å². The molecule has 2 rings (SSSR count). The smallest absolute Gasteiger partial charge is 0.307 e. The zero-order chi connectivity index (χ0) is 10.8. The number of carbonyl (C=O) groups is 1. The molecule has 0 radical (unpaired) electrons. The summed E-state index contributed by atoms with van der Waals surface area (Å²) in [6, 6.07) is 0.583. The largest absolute Gasteiger partial charge is 0.481 e. The van der Waals surface area contributed by atoms with E-state index in [4.69, 9.17) is 5.11 Å². The first kappa shape index (κ1) is 10.9. The maximum absolute atomic E-state index is 10.9. The maximum Gasteiger partial charge on any atom is 0.307 e. The Bertz CT molecular complexity index is 238. The van der Waals surface area contributed by atoms with E-state index in [2.05, 4.69) is 11.8 Å². The Balaban J connectivity index is 1.82. The summed E-state index contributed by atoms with van der Waals surface area (Å²) in [5.41, 5.74) is 0. The molecule has 2 unspecified atom stereocenters. The molecule has 1 aliphatic carbocycles. The Kier molecular flexibility index (Phi) is 3.29. The second kappa shape index (κ2) is 4.52. The number of rotatable bonds is 4. The molecule has 0 amide bonds. The number of hydrogen-bond acceptors (Lipinski definition) is 2. The monoisotopic (exact) mass is 211 g/mol. The van der Waals surface area contributed by atoms with Crippen molar-refractivity contribution in [2.75, 3.05) is 13.1 Å². The molecule has 0 spiro atoms. The molecule has 2 aliphatic rings. The number of carboxylic acid groups (broad SMARTS) is 1. The lowest BCUT2D eigenvalue weighted by atomic mass is 9.96. The molecule has 1 saturated heterocycles. The first-order chi connectivity index (χ1) is 7.16. The molecular weight excluding hydrogens is 190 g/mol. The van der Waals surface area contributed by atoms with Gasteiger partial charge >= 0.3 is 5.97 Å². The van der Waals surface area contributed by atoms with E-state index in [1.54, 1.807) is 0 Å². The van der Waals surface area contributed by atoms with Crippen molar-refractivity contribution in [2.45, 2.75) is 45.1 Å². The molecule has 2 fully saturated rings. The van der Waals surface area contributed by atoms with Crippen LogP contribution in [0.15, 0.2) is 0 Å². The van der Waals surface area contributed by atoms with Gasteiger partial charge in [-0.2, -0.15) is 0 Å². The fourth-order valence-corrected chi connectivity index (χ4v) is 2.59. The van der Waals surface area contributed by atoms with Gasteiger partial charge in [0.15, 0.2) is 0 Å². The third kappa shape index (κ3) is 2.94. The van der Waals surface area contributed by atoms with E-state index in [1.807, 2.05) is 0 Å². The molecule has 1 N–H and O–H groups in total. The summed E-state index contributed by atoms with van der Waals surface area (Å²) < 4.78 is 0. The zero-order valence-electron chi connectivity index (χ0n) is 9.48. The van der Waals surface area contributed by atoms with Crippen molar-refractivity contribution in [3.05, 3.63) is 0 Å². The third-order valence-electron chi connectivity index (χ3n) is 3.80. The van der Waals surface area contributed by atoms with Crippen LogP contribution in [-0.2, 0) is 4.79 Å². The van der Waals surface area contributed by atoms with Gasteiger partial charge < -0.3 is 5.11 Å². The van der Waals surface area contributed by atoms with E-state index in [-0.39, 0.29) is 5.92 Å². The van der Waals surface area contributed by atoms with Crippen LogP contribution in [-0.4, -0.2) is 35.1 Å². The van der Waals surface area contributed by atoms with Crippen LogP contribution in [0.25, 0.3) is 0 Å². The minimum atomic E-state index is -0.613. The SMILES string of the molecule is CC(CC1CC1)N1CCCC(C(=O)O)C1. The van der Waals surface area contributed by atoms with Gasteiger partial charge in [0.1, 0.15) is 0 Å². The minimum absolute atomic E-state index is 0.125. The first-order valence-electron chi connectivity index (χ1n) is 6.13. The van der Waals surface area contributed by atoms with Crippen molar-refractivity contribution >= 4 is 5.97 Å².